The molecule has 0 aliphatic carbocycles. The van der Waals surface area contributed by atoms with Crippen LogP contribution in [0, 0.1) is 0 Å². The lowest BCUT2D eigenvalue weighted by Gasteiger charge is -2.24. The second-order valence-electron chi connectivity index (χ2n) is 5.50. The van der Waals surface area contributed by atoms with Crippen molar-refractivity contribution in [3.63, 3.8) is 0 Å². The van der Waals surface area contributed by atoms with E-state index in [9.17, 15) is 19.4 Å². The SMILES string of the molecule is [N-]=[N+]=N[C@]1(CO)O[C@@H](n2ccc(N(CCO)CCO)nc2=O)[C@@H](F)[C@@H]1O. The van der Waals surface area contributed by atoms with Crippen molar-refractivity contribution in [1.82, 2.24) is 9.55 Å². The molecule has 1 fully saturated rings. The minimum absolute atomic E-state index is 0.117. The van der Waals surface area contributed by atoms with Gasteiger partial charge < -0.3 is 30.1 Å². The highest BCUT2D eigenvalue weighted by molar-refractivity contribution is 5.36. The van der Waals surface area contributed by atoms with Crippen LogP contribution in [-0.4, -0.2) is 80.9 Å². The van der Waals surface area contributed by atoms with E-state index in [4.69, 9.17) is 20.5 Å². The summed E-state index contributed by atoms with van der Waals surface area (Å²) in [6.07, 6.45) is -4.66. The molecular formula is C13H19FN6O6. The number of nitrogens with zero attached hydrogens (tertiary/aromatic N) is 6. The van der Waals surface area contributed by atoms with E-state index in [1.165, 1.54) is 11.0 Å². The molecule has 2 rings (SSSR count). The van der Waals surface area contributed by atoms with Crippen LogP contribution in [0.1, 0.15) is 6.23 Å². The van der Waals surface area contributed by atoms with Crippen molar-refractivity contribution in [2.75, 3.05) is 37.8 Å². The molecule has 0 bridgehead atoms. The molecule has 0 aromatic carbocycles. The summed E-state index contributed by atoms with van der Waals surface area (Å²) >= 11 is 0. The Kier molecular flexibility index (Phi) is 6.47. The number of halogens is 1. The van der Waals surface area contributed by atoms with E-state index in [-0.39, 0.29) is 32.1 Å². The van der Waals surface area contributed by atoms with Crippen molar-refractivity contribution in [3.05, 3.63) is 33.2 Å². The second kappa shape index (κ2) is 8.40. The Morgan fingerprint density at radius 2 is 2.08 bits per heavy atom. The predicted octanol–water partition coefficient (Wildman–Crippen LogP) is -1.74. The third-order valence-corrected chi connectivity index (χ3v) is 3.95. The summed E-state index contributed by atoms with van der Waals surface area (Å²) in [6.45, 7) is -1.23. The van der Waals surface area contributed by atoms with E-state index in [2.05, 4.69) is 15.0 Å². The quantitative estimate of drug-likeness (QED) is 0.235. The summed E-state index contributed by atoms with van der Waals surface area (Å²) in [6, 6.07) is 1.34. The average Bonchev–Trinajstić information content (AvgIpc) is 2.87. The van der Waals surface area contributed by atoms with Crippen molar-refractivity contribution in [2.45, 2.75) is 24.2 Å². The van der Waals surface area contributed by atoms with Gasteiger partial charge in [-0.05, 0) is 11.6 Å². The second-order valence-corrected chi connectivity index (χ2v) is 5.50. The van der Waals surface area contributed by atoms with Gasteiger partial charge in [0.15, 0.2) is 12.4 Å². The smallest absolute Gasteiger partial charge is 0.351 e. The van der Waals surface area contributed by atoms with Gasteiger partial charge in [-0.3, -0.25) is 4.57 Å². The maximum atomic E-state index is 14.4. The first-order valence-corrected chi connectivity index (χ1v) is 7.67. The maximum Gasteiger partial charge on any atom is 0.351 e. The van der Waals surface area contributed by atoms with E-state index < -0.39 is 36.5 Å². The zero-order valence-electron chi connectivity index (χ0n) is 13.6. The van der Waals surface area contributed by atoms with Crippen LogP contribution in [-0.2, 0) is 4.74 Å². The predicted molar refractivity (Wildman–Crippen MR) is 84.9 cm³/mol. The van der Waals surface area contributed by atoms with Crippen LogP contribution in [0.15, 0.2) is 22.2 Å². The molecule has 1 aliphatic rings. The van der Waals surface area contributed by atoms with Crippen LogP contribution < -0.4 is 10.6 Å². The van der Waals surface area contributed by atoms with Gasteiger partial charge in [-0.2, -0.15) is 4.98 Å². The molecule has 12 nitrogen and oxygen atoms in total. The van der Waals surface area contributed by atoms with E-state index in [0.717, 1.165) is 10.8 Å². The highest BCUT2D eigenvalue weighted by Crippen LogP contribution is 2.39. The Bertz CT molecular complexity index is 721. The number of alkyl halides is 1. The fraction of sp³-hybridized carbons (Fsp3) is 0.692. The fourth-order valence-electron chi connectivity index (χ4n) is 2.64. The maximum absolute atomic E-state index is 14.4. The number of ether oxygens (including phenoxy) is 1. The molecule has 0 radical (unpaired) electrons. The first kappa shape index (κ1) is 20.0. The normalized spacial score (nSPS) is 28.0. The highest BCUT2D eigenvalue weighted by Gasteiger charge is 2.56. The van der Waals surface area contributed by atoms with Crippen LogP contribution in [0.3, 0.4) is 0 Å². The number of anilines is 1. The monoisotopic (exact) mass is 374 g/mol. The minimum Gasteiger partial charge on any atom is -0.395 e. The summed E-state index contributed by atoms with van der Waals surface area (Å²) < 4.78 is 20.3. The van der Waals surface area contributed by atoms with Gasteiger partial charge in [-0.15, -0.1) is 0 Å². The molecule has 0 amide bonds. The molecule has 1 aromatic rings. The van der Waals surface area contributed by atoms with E-state index in [0.29, 0.717) is 0 Å². The Hall–Kier alpha value is -2.28. The summed E-state index contributed by atoms with van der Waals surface area (Å²) in [7, 11) is 0. The van der Waals surface area contributed by atoms with Crippen molar-refractivity contribution < 1.29 is 29.6 Å². The largest absolute Gasteiger partial charge is 0.395 e. The van der Waals surface area contributed by atoms with Crippen LogP contribution in [0.4, 0.5) is 10.2 Å². The van der Waals surface area contributed by atoms with Gasteiger partial charge in [0, 0.05) is 24.2 Å². The average molecular weight is 374 g/mol. The Morgan fingerprint density at radius 1 is 1.42 bits per heavy atom. The first-order valence-electron chi connectivity index (χ1n) is 7.67. The van der Waals surface area contributed by atoms with Gasteiger partial charge in [0.25, 0.3) is 0 Å². The summed E-state index contributed by atoms with van der Waals surface area (Å²) in [5, 5.41) is 40.4. The van der Waals surface area contributed by atoms with Crippen molar-refractivity contribution in [2.24, 2.45) is 5.11 Å². The number of azide groups is 1. The number of aliphatic hydroxyl groups is 4. The number of hydrogen-bond acceptors (Lipinski definition) is 9. The summed E-state index contributed by atoms with van der Waals surface area (Å²) in [5.41, 5.74) is 5.36. The minimum atomic E-state index is -2.25. The molecule has 0 unspecified atom stereocenters. The molecule has 0 saturated carbocycles. The van der Waals surface area contributed by atoms with E-state index in [1.54, 1.807) is 0 Å². The number of aromatic nitrogens is 2. The molecule has 1 saturated heterocycles. The molecule has 13 heteroatoms. The number of aliphatic hydroxyl groups excluding tert-OH is 4. The zero-order valence-corrected chi connectivity index (χ0v) is 13.6. The van der Waals surface area contributed by atoms with E-state index >= 15 is 0 Å². The molecule has 1 aliphatic heterocycles. The van der Waals surface area contributed by atoms with Crippen LogP contribution in [0.2, 0.25) is 0 Å². The molecule has 26 heavy (non-hydrogen) atoms. The molecule has 2 heterocycles. The third-order valence-electron chi connectivity index (χ3n) is 3.95. The standard InChI is InChI=1S/C13H19FN6O6/c14-9-10(24)13(7-23,17-18-15)26-11(9)20-2-1-8(16-12(20)25)19(3-5-21)4-6-22/h1-2,9-11,21-24H,3-7H2/t9-,10-,11+,13+/m0/s1. The lowest BCUT2D eigenvalue weighted by atomic mass is 10.1. The molecule has 4 atom stereocenters. The fourth-order valence-corrected chi connectivity index (χ4v) is 2.64. The molecule has 1 aromatic heterocycles. The molecule has 144 valence electrons. The Morgan fingerprint density at radius 3 is 2.58 bits per heavy atom. The Balaban J connectivity index is 2.35. The van der Waals surface area contributed by atoms with Gasteiger partial charge in [0.1, 0.15) is 11.9 Å². The topological polar surface area (TPSA) is 177 Å². The molecule has 4 N–H and O–H groups in total. The van der Waals surface area contributed by atoms with Gasteiger partial charge >= 0.3 is 5.69 Å². The van der Waals surface area contributed by atoms with Gasteiger partial charge in [-0.1, -0.05) is 5.11 Å². The van der Waals surface area contributed by atoms with Gasteiger partial charge in [-0.25, -0.2) is 9.18 Å². The lowest BCUT2D eigenvalue weighted by molar-refractivity contribution is -0.124. The third kappa shape index (κ3) is 3.62. The lowest BCUT2D eigenvalue weighted by Crippen LogP contribution is -2.43. The van der Waals surface area contributed by atoms with Crippen LogP contribution in [0.25, 0.3) is 10.4 Å². The van der Waals surface area contributed by atoms with Crippen LogP contribution in [0.5, 0.6) is 0 Å². The number of hydrogen-bond donors (Lipinski definition) is 4. The van der Waals surface area contributed by atoms with Crippen molar-refractivity contribution in [3.8, 4) is 0 Å². The van der Waals surface area contributed by atoms with Gasteiger partial charge in [0.2, 0.25) is 5.72 Å². The zero-order chi connectivity index (χ0) is 19.3. The van der Waals surface area contributed by atoms with Crippen LogP contribution >= 0.6 is 0 Å². The van der Waals surface area contributed by atoms with Crippen molar-refractivity contribution >= 4 is 5.82 Å². The summed E-state index contributed by atoms with van der Waals surface area (Å²) in [4.78, 5) is 19.9. The van der Waals surface area contributed by atoms with Crippen molar-refractivity contribution in [1.29, 1.82) is 0 Å². The Labute approximate surface area is 146 Å². The first-order chi connectivity index (χ1) is 12.4. The molecular weight excluding hydrogens is 355 g/mol. The number of rotatable bonds is 8. The summed E-state index contributed by atoms with van der Waals surface area (Å²) in [5.74, 6) is 0.145. The molecule has 0 spiro atoms. The highest BCUT2D eigenvalue weighted by atomic mass is 19.1. The van der Waals surface area contributed by atoms with Gasteiger partial charge in [0.05, 0.1) is 19.8 Å². The van der Waals surface area contributed by atoms with E-state index in [1.807, 2.05) is 0 Å².